The van der Waals surface area contributed by atoms with Crippen molar-refractivity contribution in [3.8, 4) is 0 Å². The molecule has 0 saturated carbocycles. The third-order valence-electron chi connectivity index (χ3n) is 6.99. The number of hydrogen-bond acceptors (Lipinski definition) is 6. The Morgan fingerprint density at radius 2 is 1.76 bits per heavy atom. The Morgan fingerprint density at radius 3 is 2.50 bits per heavy atom. The van der Waals surface area contributed by atoms with Gasteiger partial charge in [0, 0.05) is 19.4 Å². The van der Waals surface area contributed by atoms with E-state index in [1.807, 2.05) is 60.7 Å². The van der Waals surface area contributed by atoms with Crippen LogP contribution in [0.1, 0.15) is 41.7 Å². The van der Waals surface area contributed by atoms with E-state index in [1.165, 1.54) is 0 Å². The van der Waals surface area contributed by atoms with Crippen LogP contribution in [0.5, 0.6) is 0 Å². The molecule has 2 heterocycles. The van der Waals surface area contributed by atoms with Crippen LogP contribution in [-0.4, -0.2) is 41.1 Å². The topological polar surface area (TPSA) is 109 Å². The van der Waals surface area contributed by atoms with Gasteiger partial charge in [0.1, 0.15) is 12.1 Å². The molecule has 3 atom stereocenters. The van der Waals surface area contributed by atoms with E-state index < -0.39 is 12.1 Å². The summed E-state index contributed by atoms with van der Waals surface area (Å²) < 4.78 is 5.45. The molecule has 8 nitrogen and oxygen atoms in total. The Labute approximate surface area is 222 Å². The number of hydrogen-bond donors (Lipinski definition) is 3. The smallest absolute Gasteiger partial charge is 0.249 e. The second-order valence-electron chi connectivity index (χ2n) is 9.92. The van der Waals surface area contributed by atoms with Gasteiger partial charge in [-0.15, -0.1) is 0 Å². The Morgan fingerprint density at radius 1 is 0.974 bits per heavy atom. The molecule has 2 amide bonds. The second-order valence-corrected chi connectivity index (χ2v) is 9.92. The van der Waals surface area contributed by atoms with Crippen LogP contribution in [0.25, 0.3) is 10.8 Å². The first kappa shape index (κ1) is 25.6. The molecule has 0 aliphatic carbocycles. The first-order valence-electron chi connectivity index (χ1n) is 13.2. The van der Waals surface area contributed by atoms with Crippen molar-refractivity contribution in [2.24, 2.45) is 5.92 Å². The van der Waals surface area contributed by atoms with Gasteiger partial charge in [0.2, 0.25) is 17.7 Å². The minimum atomic E-state index is -0.757. The number of fused-ring (bicyclic) bond motifs is 1. The second kappa shape index (κ2) is 12.0. The molecule has 1 aliphatic rings. The fourth-order valence-corrected chi connectivity index (χ4v) is 4.95. The largest absolute Gasteiger partial charge is 0.344 e. The molecule has 196 valence electrons. The molecule has 3 aromatic carbocycles. The lowest BCUT2D eigenvalue weighted by Crippen LogP contribution is -2.52. The summed E-state index contributed by atoms with van der Waals surface area (Å²) in [6.07, 6.45) is 2.59. The molecule has 1 saturated heterocycles. The van der Waals surface area contributed by atoms with Crippen LogP contribution in [0.3, 0.4) is 0 Å². The highest BCUT2D eigenvalue weighted by atomic mass is 16.5. The molecule has 5 rings (SSSR count). The number of piperidine rings is 1. The summed E-state index contributed by atoms with van der Waals surface area (Å²) in [7, 11) is 0. The number of carbonyl (C=O) groups is 2. The fourth-order valence-electron chi connectivity index (χ4n) is 4.95. The maximum atomic E-state index is 13.8. The number of aromatic nitrogens is 2. The van der Waals surface area contributed by atoms with E-state index in [1.54, 1.807) is 6.92 Å². The summed E-state index contributed by atoms with van der Waals surface area (Å²) in [5.74, 6) is 0.290. The summed E-state index contributed by atoms with van der Waals surface area (Å²) >= 11 is 0. The highest BCUT2D eigenvalue weighted by Gasteiger charge is 2.30. The van der Waals surface area contributed by atoms with Crippen molar-refractivity contribution in [3.63, 3.8) is 0 Å². The Bertz CT molecular complexity index is 1380. The van der Waals surface area contributed by atoms with E-state index in [-0.39, 0.29) is 17.7 Å². The van der Waals surface area contributed by atoms with Crippen molar-refractivity contribution in [2.75, 3.05) is 13.1 Å². The Kier molecular flexibility index (Phi) is 8.09. The molecule has 1 fully saturated rings. The first-order chi connectivity index (χ1) is 18.5. The average Bonchev–Trinajstić information content (AvgIpc) is 3.39. The Hall–Kier alpha value is -4.04. The van der Waals surface area contributed by atoms with Crippen LogP contribution < -0.4 is 16.0 Å². The first-order valence-corrected chi connectivity index (χ1v) is 13.2. The van der Waals surface area contributed by atoms with E-state index in [2.05, 4.69) is 38.2 Å². The van der Waals surface area contributed by atoms with Crippen molar-refractivity contribution in [2.45, 2.75) is 44.7 Å². The van der Waals surface area contributed by atoms with Gasteiger partial charge in [-0.25, -0.2) is 0 Å². The summed E-state index contributed by atoms with van der Waals surface area (Å²) in [6.45, 7) is 3.28. The lowest BCUT2D eigenvalue weighted by Gasteiger charge is -2.26. The number of rotatable bonds is 9. The van der Waals surface area contributed by atoms with E-state index in [0.717, 1.165) is 41.3 Å². The van der Waals surface area contributed by atoms with Crippen molar-refractivity contribution >= 4 is 22.6 Å². The zero-order valence-electron chi connectivity index (χ0n) is 21.5. The minimum absolute atomic E-state index is 0.105. The summed E-state index contributed by atoms with van der Waals surface area (Å²) in [4.78, 5) is 31.4. The van der Waals surface area contributed by atoms with Gasteiger partial charge in [-0.05, 0) is 48.2 Å². The molecule has 0 radical (unpaired) electrons. The standard InChI is InChI=1S/C30H33N5O3/c1-20-32-30(38-35-20)27(17-21-8-3-2-4-9-21)34-29(37)26(33-28(36)25-12-7-15-31-19-25)18-22-13-14-23-10-5-6-11-24(23)16-22/h2-6,8-11,13-14,16,25-27,31H,7,12,15,17-19H2,1H3,(H,33,36)(H,34,37)/t25-,26?,27-/m1/s1. The summed E-state index contributed by atoms with van der Waals surface area (Å²) in [5.41, 5.74) is 2.00. The van der Waals surface area contributed by atoms with Crippen LogP contribution >= 0.6 is 0 Å². The normalized spacial score (nSPS) is 17.0. The zero-order chi connectivity index (χ0) is 26.3. The van der Waals surface area contributed by atoms with Crippen molar-refractivity contribution in [1.82, 2.24) is 26.1 Å². The SMILES string of the molecule is Cc1noc([C@@H](Cc2ccccc2)NC(=O)C(Cc2ccc3ccccc3c2)NC(=O)[C@@H]2CCCNC2)n1. The van der Waals surface area contributed by atoms with Crippen molar-refractivity contribution < 1.29 is 14.1 Å². The molecule has 3 N–H and O–H groups in total. The summed E-state index contributed by atoms with van der Waals surface area (Å²) in [5, 5.41) is 15.6. The molecular formula is C30H33N5O3. The molecule has 1 aliphatic heterocycles. The number of benzene rings is 3. The predicted octanol–water partition coefficient (Wildman–Crippen LogP) is 3.66. The monoisotopic (exact) mass is 511 g/mol. The molecule has 0 spiro atoms. The Balaban J connectivity index is 1.39. The fraction of sp³-hybridized carbons (Fsp3) is 0.333. The average molecular weight is 512 g/mol. The molecule has 1 unspecified atom stereocenters. The van der Waals surface area contributed by atoms with Gasteiger partial charge in [-0.1, -0.05) is 78.0 Å². The van der Waals surface area contributed by atoms with Gasteiger partial charge in [0.15, 0.2) is 5.82 Å². The molecule has 1 aromatic heterocycles. The van der Waals surface area contributed by atoms with Gasteiger partial charge in [-0.3, -0.25) is 9.59 Å². The highest BCUT2D eigenvalue weighted by molar-refractivity contribution is 5.89. The molecule has 0 bridgehead atoms. The minimum Gasteiger partial charge on any atom is -0.344 e. The molecule has 38 heavy (non-hydrogen) atoms. The van der Waals surface area contributed by atoms with Crippen LogP contribution in [0.2, 0.25) is 0 Å². The highest BCUT2D eigenvalue weighted by Crippen LogP contribution is 2.20. The molecule has 4 aromatic rings. The number of aryl methyl sites for hydroxylation is 1. The van der Waals surface area contributed by atoms with Crippen molar-refractivity contribution in [1.29, 1.82) is 0 Å². The van der Waals surface area contributed by atoms with Gasteiger partial charge in [-0.2, -0.15) is 4.98 Å². The van der Waals surface area contributed by atoms with E-state index >= 15 is 0 Å². The van der Waals surface area contributed by atoms with Crippen LogP contribution in [-0.2, 0) is 22.4 Å². The lowest BCUT2D eigenvalue weighted by atomic mass is 9.96. The predicted molar refractivity (Wildman–Crippen MR) is 145 cm³/mol. The zero-order valence-corrected chi connectivity index (χ0v) is 21.5. The number of nitrogens with zero attached hydrogens (tertiary/aromatic N) is 2. The lowest BCUT2D eigenvalue weighted by molar-refractivity contribution is -0.131. The van der Waals surface area contributed by atoms with E-state index in [0.29, 0.717) is 31.1 Å². The van der Waals surface area contributed by atoms with E-state index in [9.17, 15) is 9.59 Å². The van der Waals surface area contributed by atoms with Crippen LogP contribution in [0.4, 0.5) is 0 Å². The van der Waals surface area contributed by atoms with E-state index in [4.69, 9.17) is 4.52 Å². The van der Waals surface area contributed by atoms with Gasteiger partial charge in [0.25, 0.3) is 0 Å². The molecular weight excluding hydrogens is 478 g/mol. The maximum Gasteiger partial charge on any atom is 0.249 e. The van der Waals surface area contributed by atoms with Crippen LogP contribution in [0, 0.1) is 12.8 Å². The number of nitrogens with one attached hydrogen (secondary N) is 3. The van der Waals surface area contributed by atoms with Gasteiger partial charge < -0.3 is 20.5 Å². The number of carbonyl (C=O) groups excluding carboxylic acids is 2. The molecule has 8 heteroatoms. The third kappa shape index (κ3) is 6.44. The van der Waals surface area contributed by atoms with Crippen LogP contribution in [0.15, 0.2) is 77.3 Å². The maximum absolute atomic E-state index is 13.8. The number of amides is 2. The van der Waals surface area contributed by atoms with Gasteiger partial charge in [0.05, 0.1) is 5.92 Å². The van der Waals surface area contributed by atoms with Gasteiger partial charge >= 0.3 is 0 Å². The van der Waals surface area contributed by atoms with Crippen molar-refractivity contribution in [3.05, 3.63) is 95.6 Å². The quantitative estimate of drug-likeness (QED) is 0.317. The summed E-state index contributed by atoms with van der Waals surface area (Å²) in [6, 6.07) is 22.8. The third-order valence-corrected chi connectivity index (χ3v) is 6.99.